The second kappa shape index (κ2) is 9.82. The first kappa shape index (κ1) is 20.5. The Morgan fingerprint density at radius 1 is 1.27 bits per heavy atom. The monoisotopic (exact) mass is 427 g/mol. The van der Waals surface area contributed by atoms with Crippen LogP contribution in [-0.2, 0) is 6.42 Å². The summed E-state index contributed by atoms with van der Waals surface area (Å²) in [6.45, 7) is 6.53. The van der Waals surface area contributed by atoms with Gasteiger partial charge in [0.15, 0.2) is 0 Å². The first-order valence-electron chi connectivity index (χ1n) is 10.2. The highest BCUT2D eigenvalue weighted by Crippen LogP contribution is 2.21. The molecule has 8 nitrogen and oxygen atoms in total. The molecule has 3 aromatic heterocycles. The first-order chi connectivity index (χ1) is 14.7. The number of ether oxygens (including phenoxy) is 1. The molecule has 30 heavy (non-hydrogen) atoms. The number of carbonyl (C=O) groups is 1. The van der Waals surface area contributed by atoms with Crippen LogP contribution in [0.3, 0.4) is 0 Å². The zero-order valence-corrected chi connectivity index (χ0v) is 17.8. The Bertz CT molecular complexity index is 951. The van der Waals surface area contributed by atoms with Crippen LogP contribution >= 0.6 is 11.3 Å². The Morgan fingerprint density at radius 2 is 2.13 bits per heavy atom. The fourth-order valence-electron chi connectivity index (χ4n) is 3.44. The van der Waals surface area contributed by atoms with Gasteiger partial charge in [-0.3, -0.25) is 9.69 Å². The highest BCUT2D eigenvalue weighted by Gasteiger charge is 2.22. The van der Waals surface area contributed by atoms with Gasteiger partial charge in [-0.05, 0) is 37.4 Å². The number of aromatic nitrogens is 3. The van der Waals surface area contributed by atoms with E-state index in [9.17, 15) is 4.79 Å². The molecule has 4 heterocycles. The van der Waals surface area contributed by atoms with Crippen molar-refractivity contribution in [3.05, 3.63) is 47.3 Å². The Morgan fingerprint density at radius 3 is 2.90 bits per heavy atom. The van der Waals surface area contributed by atoms with Crippen LogP contribution in [0.1, 0.15) is 29.6 Å². The van der Waals surface area contributed by atoms with E-state index in [1.54, 1.807) is 29.7 Å². The second-order valence-electron chi connectivity index (χ2n) is 7.04. The van der Waals surface area contributed by atoms with Gasteiger partial charge in [0.25, 0.3) is 5.91 Å². The number of hydrogen-bond acceptors (Lipinski definition) is 8. The van der Waals surface area contributed by atoms with Gasteiger partial charge in [0, 0.05) is 50.4 Å². The van der Waals surface area contributed by atoms with Crippen molar-refractivity contribution >= 4 is 17.2 Å². The van der Waals surface area contributed by atoms with Gasteiger partial charge in [-0.25, -0.2) is 4.98 Å². The molecule has 1 fully saturated rings. The van der Waals surface area contributed by atoms with E-state index in [1.165, 1.54) is 0 Å². The molecule has 4 rings (SSSR count). The minimum atomic E-state index is 0.0324. The quantitative estimate of drug-likeness (QED) is 0.546. The summed E-state index contributed by atoms with van der Waals surface area (Å²) in [6.07, 6.45) is 3.33. The van der Waals surface area contributed by atoms with E-state index in [0.29, 0.717) is 42.9 Å². The molecule has 0 radical (unpaired) electrons. The van der Waals surface area contributed by atoms with Gasteiger partial charge in [-0.1, -0.05) is 11.2 Å². The van der Waals surface area contributed by atoms with Crippen LogP contribution in [0, 0.1) is 0 Å². The first-order valence-corrected chi connectivity index (χ1v) is 11.1. The number of rotatable bonds is 8. The standard InChI is InChI=1S/C21H25N5O3S/c1-2-28-19-15-16(7-8-22-19)21(27)26-12-10-25(11-13-26)9-3-6-18-23-20(24-29-18)17-5-4-14-30-17/h4-5,7-8,14-15H,2-3,6,9-13H2,1H3. The van der Waals surface area contributed by atoms with Gasteiger partial charge in [-0.15, -0.1) is 11.3 Å². The topological polar surface area (TPSA) is 84.6 Å². The lowest BCUT2D eigenvalue weighted by Gasteiger charge is -2.34. The average Bonchev–Trinajstić information content (AvgIpc) is 3.46. The average molecular weight is 428 g/mol. The molecule has 9 heteroatoms. The maximum Gasteiger partial charge on any atom is 0.254 e. The number of thiophene rings is 1. The van der Waals surface area contributed by atoms with E-state index in [1.807, 2.05) is 29.3 Å². The molecule has 158 valence electrons. The summed E-state index contributed by atoms with van der Waals surface area (Å²) in [5.41, 5.74) is 0.625. The number of piperazine rings is 1. The van der Waals surface area contributed by atoms with E-state index in [0.717, 1.165) is 37.4 Å². The molecule has 3 aromatic rings. The van der Waals surface area contributed by atoms with Crippen molar-refractivity contribution in [2.45, 2.75) is 19.8 Å². The molecule has 0 saturated carbocycles. The smallest absolute Gasteiger partial charge is 0.254 e. The van der Waals surface area contributed by atoms with Gasteiger partial charge in [0.1, 0.15) is 0 Å². The summed E-state index contributed by atoms with van der Waals surface area (Å²) in [6, 6.07) is 7.43. The van der Waals surface area contributed by atoms with Crippen molar-refractivity contribution < 1.29 is 14.1 Å². The zero-order valence-electron chi connectivity index (χ0n) is 17.0. The van der Waals surface area contributed by atoms with E-state index in [2.05, 4.69) is 20.0 Å². The number of nitrogens with zero attached hydrogens (tertiary/aromatic N) is 5. The molecule has 1 amide bonds. The van der Waals surface area contributed by atoms with Gasteiger partial charge < -0.3 is 14.2 Å². The van der Waals surface area contributed by atoms with Crippen molar-refractivity contribution in [1.29, 1.82) is 0 Å². The highest BCUT2D eigenvalue weighted by molar-refractivity contribution is 7.13. The van der Waals surface area contributed by atoms with Crippen LogP contribution in [0.25, 0.3) is 10.7 Å². The molecule has 0 atom stereocenters. The summed E-state index contributed by atoms with van der Waals surface area (Å²) < 4.78 is 10.8. The van der Waals surface area contributed by atoms with Crippen molar-refractivity contribution in [3.8, 4) is 16.6 Å². The van der Waals surface area contributed by atoms with Crippen molar-refractivity contribution in [3.63, 3.8) is 0 Å². The normalized spacial score (nSPS) is 14.8. The minimum absolute atomic E-state index is 0.0324. The fraction of sp³-hybridized carbons (Fsp3) is 0.429. The molecular weight excluding hydrogens is 402 g/mol. The minimum Gasteiger partial charge on any atom is -0.478 e. The molecule has 0 bridgehead atoms. The van der Waals surface area contributed by atoms with Gasteiger partial charge in [0.05, 0.1) is 11.5 Å². The number of amides is 1. The lowest BCUT2D eigenvalue weighted by molar-refractivity contribution is 0.0635. The maximum absolute atomic E-state index is 12.8. The molecule has 0 aliphatic carbocycles. The van der Waals surface area contributed by atoms with Gasteiger partial charge >= 0.3 is 0 Å². The Balaban J connectivity index is 1.21. The predicted octanol–water partition coefficient (Wildman–Crippen LogP) is 2.98. The zero-order chi connectivity index (χ0) is 20.8. The van der Waals surface area contributed by atoms with Crippen LogP contribution in [0.5, 0.6) is 5.88 Å². The molecule has 0 unspecified atom stereocenters. The van der Waals surface area contributed by atoms with Crippen LogP contribution in [0.15, 0.2) is 40.4 Å². The fourth-order valence-corrected chi connectivity index (χ4v) is 4.09. The molecule has 1 saturated heterocycles. The van der Waals surface area contributed by atoms with Crippen molar-refractivity contribution in [2.75, 3.05) is 39.3 Å². The Hall–Kier alpha value is -2.78. The number of pyridine rings is 1. The summed E-state index contributed by atoms with van der Waals surface area (Å²) in [7, 11) is 0. The SMILES string of the molecule is CCOc1cc(C(=O)N2CCN(CCCc3nc(-c4cccs4)no3)CC2)ccn1. The van der Waals surface area contributed by atoms with Crippen LogP contribution in [0.2, 0.25) is 0 Å². The maximum atomic E-state index is 12.8. The Kier molecular flexibility index (Phi) is 6.70. The summed E-state index contributed by atoms with van der Waals surface area (Å²) in [5.74, 6) is 1.86. The third-order valence-corrected chi connectivity index (χ3v) is 5.87. The molecule has 1 aliphatic heterocycles. The van der Waals surface area contributed by atoms with E-state index in [4.69, 9.17) is 9.26 Å². The molecule has 0 N–H and O–H groups in total. The summed E-state index contributed by atoms with van der Waals surface area (Å²) in [4.78, 5) is 26.6. The number of carbonyl (C=O) groups excluding carboxylic acids is 1. The summed E-state index contributed by atoms with van der Waals surface area (Å²) in [5, 5.41) is 6.06. The van der Waals surface area contributed by atoms with Crippen molar-refractivity contribution in [1.82, 2.24) is 24.9 Å². The lowest BCUT2D eigenvalue weighted by Crippen LogP contribution is -2.48. The van der Waals surface area contributed by atoms with Gasteiger partial charge in [0.2, 0.25) is 17.6 Å². The second-order valence-corrected chi connectivity index (χ2v) is 7.99. The third-order valence-electron chi connectivity index (χ3n) is 5.01. The van der Waals surface area contributed by atoms with Crippen LogP contribution in [-0.4, -0.2) is 70.2 Å². The molecular formula is C21H25N5O3S. The summed E-state index contributed by atoms with van der Waals surface area (Å²) >= 11 is 1.60. The number of hydrogen-bond donors (Lipinski definition) is 0. The van der Waals surface area contributed by atoms with Crippen molar-refractivity contribution in [2.24, 2.45) is 0 Å². The predicted molar refractivity (Wildman–Crippen MR) is 114 cm³/mol. The third kappa shape index (κ3) is 5.03. The molecule has 0 aromatic carbocycles. The van der Waals surface area contributed by atoms with Crippen LogP contribution in [0.4, 0.5) is 0 Å². The largest absolute Gasteiger partial charge is 0.478 e. The number of aryl methyl sites for hydroxylation is 1. The molecule has 0 spiro atoms. The van der Waals surface area contributed by atoms with E-state index < -0.39 is 0 Å². The highest BCUT2D eigenvalue weighted by atomic mass is 32.1. The van der Waals surface area contributed by atoms with E-state index >= 15 is 0 Å². The Labute approximate surface area is 179 Å². The van der Waals surface area contributed by atoms with E-state index in [-0.39, 0.29) is 5.91 Å². The molecule has 1 aliphatic rings. The van der Waals surface area contributed by atoms with Crippen LogP contribution < -0.4 is 4.74 Å². The lowest BCUT2D eigenvalue weighted by atomic mass is 10.2. The van der Waals surface area contributed by atoms with Gasteiger partial charge in [-0.2, -0.15) is 4.98 Å².